The van der Waals surface area contributed by atoms with Crippen molar-refractivity contribution in [2.45, 2.75) is 46.6 Å². The third-order valence-corrected chi connectivity index (χ3v) is 4.94. The van der Waals surface area contributed by atoms with Gasteiger partial charge in [-0.15, -0.1) is 0 Å². The predicted octanol–water partition coefficient (Wildman–Crippen LogP) is 1.01. The van der Waals surface area contributed by atoms with Crippen LogP contribution >= 0.6 is 0 Å². The quantitative estimate of drug-likeness (QED) is 0.379. The third kappa shape index (κ3) is 7.69. The molecule has 120 valence electrons. The van der Waals surface area contributed by atoms with Crippen LogP contribution in [0, 0.1) is 0 Å². The van der Waals surface area contributed by atoms with Gasteiger partial charge in [0.15, 0.2) is 5.96 Å². The van der Waals surface area contributed by atoms with E-state index in [9.17, 15) is 8.42 Å². The summed E-state index contributed by atoms with van der Waals surface area (Å²) in [4.78, 5) is 4.45. The van der Waals surface area contributed by atoms with Crippen molar-refractivity contribution < 1.29 is 8.42 Å². The molecule has 1 unspecified atom stereocenters. The fraction of sp³-hybridized carbons (Fsp3) is 0.923. The summed E-state index contributed by atoms with van der Waals surface area (Å²) < 4.78 is 24.6. The van der Waals surface area contributed by atoms with Crippen LogP contribution in [0.2, 0.25) is 0 Å². The molecule has 1 atom stereocenters. The van der Waals surface area contributed by atoms with Gasteiger partial charge in [0.2, 0.25) is 10.0 Å². The van der Waals surface area contributed by atoms with E-state index in [0.29, 0.717) is 25.6 Å². The summed E-state index contributed by atoms with van der Waals surface area (Å²) in [6.07, 6.45) is 1.74. The van der Waals surface area contributed by atoms with Gasteiger partial charge in [-0.1, -0.05) is 6.92 Å². The first-order valence-corrected chi connectivity index (χ1v) is 8.97. The summed E-state index contributed by atoms with van der Waals surface area (Å²) >= 11 is 0. The molecule has 0 saturated heterocycles. The highest BCUT2D eigenvalue weighted by Crippen LogP contribution is 1.99. The first kappa shape index (κ1) is 19.2. The van der Waals surface area contributed by atoms with Crippen molar-refractivity contribution in [3.05, 3.63) is 0 Å². The van der Waals surface area contributed by atoms with Gasteiger partial charge in [-0.3, -0.25) is 4.99 Å². The second kappa shape index (κ2) is 9.99. The number of rotatable bonds is 9. The molecule has 0 amide bonds. The Morgan fingerprint density at radius 2 is 1.95 bits per heavy atom. The average molecular weight is 306 g/mol. The molecule has 6 nitrogen and oxygen atoms in total. The van der Waals surface area contributed by atoms with Crippen molar-refractivity contribution in [2.24, 2.45) is 4.99 Å². The van der Waals surface area contributed by atoms with Crippen LogP contribution in [0.25, 0.3) is 0 Å². The Kier molecular flexibility index (Phi) is 9.58. The molecule has 0 fully saturated rings. The molecule has 2 N–H and O–H groups in total. The summed E-state index contributed by atoms with van der Waals surface area (Å²) in [5, 5.41) is 6.49. The Balaban J connectivity index is 4.24. The molecule has 0 aliphatic rings. The molecule has 0 bridgehead atoms. The van der Waals surface area contributed by atoms with Gasteiger partial charge in [0, 0.05) is 32.7 Å². The van der Waals surface area contributed by atoms with Crippen LogP contribution in [0.4, 0.5) is 0 Å². The van der Waals surface area contributed by atoms with Gasteiger partial charge in [0.25, 0.3) is 0 Å². The predicted molar refractivity (Wildman–Crippen MR) is 85.6 cm³/mol. The van der Waals surface area contributed by atoms with Gasteiger partial charge in [-0.25, -0.2) is 12.7 Å². The Hall–Kier alpha value is -0.820. The largest absolute Gasteiger partial charge is 0.357 e. The van der Waals surface area contributed by atoms with Crippen LogP contribution in [0.1, 0.15) is 40.5 Å². The monoisotopic (exact) mass is 306 g/mol. The lowest BCUT2D eigenvalue weighted by atomic mass is 10.3. The fourth-order valence-electron chi connectivity index (χ4n) is 1.50. The summed E-state index contributed by atoms with van der Waals surface area (Å²) in [7, 11) is -1.46. The minimum Gasteiger partial charge on any atom is -0.357 e. The highest BCUT2D eigenvalue weighted by atomic mass is 32.2. The molecule has 0 aliphatic carbocycles. The highest BCUT2D eigenvalue weighted by Gasteiger charge is 2.13. The Labute approximate surface area is 124 Å². The normalized spacial score (nSPS) is 14.4. The van der Waals surface area contributed by atoms with E-state index >= 15 is 0 Å². The maximum absolute atomic E-state index is 11.6. The van der Waals surface area contributed by atoms with E-state index < -0.39 is 10.0 Å². The SMILES string of the molecule is CCNC(=NCCCN(C)S(=O)(=O)CC)NC(C)CC. The second-order valence-corrected chi connectivity index (χ2v) is 7.15. The average Bonchev–Trinajstić information content (AvgIpc) is 2.42. The van der Waals surface area contributed by atoms with Crippen LogP contribution < -0.4 is 10.6 Å². The number of hydrogen-bond donors (Lipinski definition) is 2. The van der Waals surface area contributed by atoms with E-state index in [4.69, 9.17) is 0 Å². The molecular formula is C13H30N4O2S. The summed E-state index contributed by atoms with van der Waals surface area (Å²) in [5.74, 6) is 0.938. The maximum atomic E-state index is 11.6. The van der Waals surface area contributed by atoms with E-state index in [1.165, 1.54) is 4.31 Å². The van der Waals surface area contributed by atoms with Gasteiger partial charge in [0.05, 0.1) is 5.75 Å². The molecule has 0 aromatic heterocycles. The first-order valence-electron chi connectivity index (χ1n) is 7.36. The number of nitrogens with zero attached hydrogens (tertiary/aromatic N) is 2. The molecule has 0 spiro atoms. The zero-order chi connectivity index (χ0) is 15.6. The molecule has 0 heterocycles. The van der Waals surface area contributed by atoms with Crippen LogP contribution in [-0.4, -0.2) is 57.2 Å². The molecule has 0 aromatic rings. The zero-order valence-corrected chi connectivity index (χ0v) is 14.3. The Morgan fingerprint density at radius 1 is 1.30 bits per heavy atom. The maximum Gasteiger partial charge on any atom is 0.213 e. The summed E-state index contributed by atoms with van der Waals surface area (Å²) in [6.45, 7) is 9.82. The molecule has 0 radical (unpaired) electrons. The van der Waals surface area contributed by atoms with Crippen LogP contribution in [0.3, 0.4) is 0 Å². The van der Waals surface area contributed by atoms with Crippen molar-refractivity contribution in [3.63, 3.8) is 0 Å². The number of nitrogens with one attached hydrogen (secondary N) is 2. The molecular weight excluding hydrogens is 276 g/mol. The summed E-state index contributed by atoms with van der Waals surface area (Å²) in [6, 6.07) is 0.371. The van der Waals surface area contributed by atoms with Crippen molar-refractivity contribution in [2.75, 3.05) is 32.4 Å². The van der Waals surface area contributed by atoms with Gasteiger partial charge < -0.3 is 10.6 Å². The van der Waals surface area contributed by atoms with Gasteiger partial charge in [-0.2, -0.15) is 0 Å². The molecule has 0 aromatic carbocycles. The molecule has 0 rings (SSSR count). The van der Waals surface area contributed by atoms with Crippen molar-refractivity contribution in [3.8, 4) is 0 Å². The fourth-order valence-corrected chi connectivity index (χ4v) is 2.35. The van der Waals surface area contributed by atoms with E-state index in [0.717, 1.165) is 18.9 Å². The number of sulfonamides is 1. The molecule has 20 heavy (non-hydrogen) atoms. The van der Waals surface area contributed by atoms with E-state index in [-0.39, 0.29) is 5.75 Å². The van der Waals surface area contributed by atoms with Gasteiger partial charge in [0.1, 0.15) is 0 Å². The topological polar surface area (TPSA) is 73.8 Å². The minimum absolute atomic E-state index is 0.144. The van der Waals surface area contributed by atoms with Crippen LogP contribution in [-0.2, 0) is 10.0 Å². The third-order valence-electron chi connectivity index (χ3n) is 3.08. The van der Waals surface area contributed by atoms with Crippen molar-refractivity contribution in [1.82, 2.24) is 14.9 Å². The van der Waals surface area contributed by atoms with E-state index in [1.807, 2.05) is 6.92 Å². The van der Waals surface area contributed by atoms with Crippen molar-refractivity contribution >= 4 is 16.0 Å². The van der Waals surface area contributed by atoms with Crippen LogP contribution in [0.5, 0.6) is 0 Å². The number of aliphatic imine (C=N–C) groups is 1. The van der Waals surface area contributed by atoms with E-state index in [1.54, 1.807) is 14.0 Å². The lowest BCUT2D eigenvalue weighted by Gasteiger charge is -2.17. The first-order chi connectivity index (χ1) is 9.37. The van der Waals surface area contributed by atoms with Crippen molar-refractivity contribution in [1.29, 1.82) is 0 Å². The second-order valence-electron chi connectivity index (χ2n) is 4.79. The Morgan fingerprint density at radius 3 is 2.45 bits per heavy atom. The van der Waals surface area contributed by atoms with E-state index in [2.05, 4.69) is 29.5 Å². The molecule has 7 heteroatoms. The molecule has 0 saturated carbocycles. The minimum atomic E-state index is -3.08. The zero-order valence-electron chi connectivity index (χ0n) is 13.4. The highest BCUT2D eigenvalue weighted by molar-refractivity contribution is 7.89. The van der Waals surface area contributed by atoms with Crippen LogP contribution in [0.15, 0.2) is 4.99 Å². The smallest absolute Gasteiger partial charge is 0.213 e. The summed E-state index contributed by atoms with van der Waals surface area (Å²) in [5.41, 5.74) is 0. The standard InChI is InChI=1S/C13H30N4O2S/c1-6-12(4)16-13(14-7-2)15-10-9-11-17(5)20(18,19)8-3/h12H,6-11H2,1-5H3,(H2,14,15,16). The molecule has 0 aliphatic heterocycles. The number of guanidine groups is 1. The Bertz CT molecular complexity index is 382. The van der Waals surface area contributed by atoms with Gasteiger partial charge >= 0.3 is 0 Å². The lowest BCUT2D eigenvalue weighted by Crippen LogP contribution is -2.42. The lowest BCUT2D eigenvalue weighted by molar-refractivity contribution is 0.464. The van der Waals surface area contributed by atoms with Gasteiger partial charge in [-0.05, 0) is 33.6 Å². The number of hydrogen-bond acceptors (Lipinski definition) is 3.